The van der Waals surface area contributed by atoms with E-state index in [9.17, 15) is 4.79 Å². The van der Waals surface area contributed by atoms with E-state index in [1.54, 1.807) is 11.8 Å². The molecule has 7 nitrogen and oxygen atoms in total. The Labute approximate surface area is 153 Å². The Morgan fingerprint density at radius 3 is 2.92 bits per heavy atom. The number of aromatic nitrogens is 2. The molecule has 1 aromatic rings. The predicted octanol–water partition coefficient (Wildman–Crippen LogP) is 1.95. The molecule has 0 radical (unpaired) electrons. The molecule has 1 aromatic heterocycles. The third-order valence-electron chi connectivity index (χ3n) is 4.29. The van der Waals surface area contributed by atoms with Gasteiger partial charge in [0.25, 0.3) is 0 Å². The number of anilines is 1. The molecule has 1 fully saturated rings. The van der Waals surface area contributed by atoms with Gasteiger partial charge >= 0.3 is 6.09 Å². The number of hydrogen-bond donors (Lipinski definition) is 2. The maximum Gasteiger partial charge on any atom is 0.407 e. The van der Waals surface area contributed by atoms with Crippen molar-refractivity contribution in [2.24, 2.45) is 0 Å². The SMILES string of the molecule is CSc1nc2c(c(N3CCC(NC(=O)OC(C)(C)C)C3)n1)CCNC2. The van der Waals surface area contributed by atoms with Crippen LogP contribution in [0.4, 0.5) is 10.6 Å². The number of amides is 1. The Bertz CT molecular complexity index is 647. The number of ether oxygens (including phenoxy) is 1. The minimum absolute atomic E-state index is 0.0833. The van der Waals surface area contributed by atoms with Crippen molar-refractivity contribution in [3.05, 3.63) is 11.3 Å². The smallest absolute Gasteiger partial charge is 0.407 e. The van der Waals surface area contributed by atoms with Crippen LogP contribution in [0.2, 0.25) is 0 Å². The number of alkyl carbamates (subject to hydrolysis) is 1. The lowest BCUT2D eigenvalue weighted by molar-refractivity contribution is 0.0509. The normalized spacial score (nSPS) is 20.3. The molecule has 138 valence electrons. The van der Waals surface area contributed by atoms with E-state index in [1.165, 1.54) is 5.56 Å². The third-order valence-corrected chi connectivity index (χ3v) is 4.83. The highest BCUT2D eigenvalue weighted by Gasteiger charge is 2.30. The summed E-state index contributed by atoms with van der Waals surface area (Å²) in [6.45, 7) is 9.01. The summed E-state index contributed by atoms with van der Waals surface area (Å²) in [4.78, 5) is 23.7. The van der Waals surface area contributed by atoms with Gasteiger partial charge in [0, 0.05) is 25.2 Å². The van der Waals surface area contributed by atoms with Gasteiger partial charge in [-0.05, 0) is 46.4 Å². The van der Waals surface area contributed by atoms with E-state index in [2.05, 4.69) is 20.5 Å². The second kappa shape index (κ2) is 7.37. The summed E-state index contributed by atoms with van der Waals surface area (Å²) in [6, 6.07) is 0.0833. The topological polar surface area (TPSA) is 79.4 Å². The number of rotatable bonds is 3. The second-order valence-electron chi connectivity index (χ2n) is 7.46. The number of fused-ring (bicyclic) bond motifs is 1. The molecule has 25 heavy (non-hydrogen) atoms. The average molecular weight is 366 g/mol. The summed E-state index contributed by atoms with van der Waals surface area (Å²) in [5.41, 5.74) is 1.87. The van der Waals surface area contributed by atoms with Gasteiger partial charge in [-0.15, -0.1) is 0 Å². The standard InChI is InChI=1S/C17H27N5O2S/c1-17(2,3)24-16(23)19-11-6-8-22(10-11)14-12-5-7-18-9-13(12)20-15(21-14)25-4/h11,18H,5-10H2,1-4H3,(H,19,23). The lowest BCUT2D eigenvalue weighted by atomic mass is 10.1. The number of carbonyl (C=O) groups is 1. The highest BCUT2D eigenvalue weighted by Crippen LogP contribution is 2.29. The number of nitrogens with zero attached hydrogens (tertiary/aromatic N) is 3. The molecule has 0 spiro atoms. The number of hydrogen-bond acceptors (Lipinski definition) is 7. The number of nitrogens with one attached hydrogen (secondary N) is 2. The Kier molecular flexibility index (Phi) is 5.38. The highest BCUT2D eigenvalue weighted by atomic mass is 32.2. The van der Waals surface area contributed by atoms with Crippen molar-refractivity contribution in [3.63, 3.8) is 0 Å². The van der Waals surface area contributed by atoms with Gasteiger partial charge in [0.05, 0.1) is 11.7 Å². The molecule has 2 aliphatic rings. The van der Waals surface area contributed by atoms with E-state index < -0.39 is 5.60 Å². The summed E-state index contributed by atoms with van der Waals surface area (Å²) in [5.74, 6) is 1.03. The molecule has 0 aromatic carbocycles. The van der Waals surface area contributed by atoms with Gasteiger partial charge in [-0.1, -0.05) is 11.8 Å². The van der Waals surface area contributed by atoms with Crippen LogP contribution in [0, 0.1) is 0 Å². The quantitative estimate of drug-likeness (QED) is 0.626. The minimum atomic E-state index is -0.478. The fourth-order valence-electron chi connectivity index (χ4n) is 3.22. The van der Waals surface area contributed by atoms with E-state index in [1.807, 2.05) is 27.0 Å². The van der Waals surface area contributed by atoms with Gasteiger partial charge in [0.1, 0.15) is 11.4 Å². The van der Waals surface area contributed by atoms with Crippen LogP contribution in [0.5, 0.6) is 0 Å². The molecule has 1 saturated heterocycles. The maximum absolute atomic E-state index is 12.0. The van der Waals surface area contributed by atoms with Crippen LogP contribution in [0.15, 0.2) is 5.16 Å². The molecule has 0 saturated carbocycles. The molecule has 1 unspecified atom stereocenters. The Morgan fingerprint density at radius 2 is 2.20 bits per heavy atom. The summed E-state index contributed by atoms with van der Waals surface area (Å²) in [5, 5.41) is 7.16. The van der Waals surface area contributed by atoms with Gasteiger partial charge in [-0.3, -0.25) is 0 Å². The van der Waals surface area contributed by atoms with Crippen LogP contribution in [-0.4, -0.2) is 53.6 Å². The molecule has 0 bridgehead atoms. The van der Waals surface area contributed by atoms with Crippen LogP contribution in [0.3, 0.4) is 0 Å². The first kappa shape index (κ1) is 18.3. The lowest BCUT2D eigenvalue weighted by Crippen LogP contribution is -2.40. The molecule has 1 amide bonds. The zero-order chi connectivity index (χ0) is 18.0. The van der Waals surface area contributed by atoms with Gasteiger partial charge in [0.2, 0.25) is 0 Å². The third kappa shape index (κ3) is 4.55. The zero-order valence-corrected chi connectivity index (χ0v) is 16.2. The van der Waals surface area contributed by atoms with Crippen LogP contribution < -0.4 is 15.5 Å². The highest BCUT2D eigenvalue weighted by molar-refractivity contribution is 7.98. The Hall–Kier alpha value is -1.54. The first-order chi connectivity index (χ1) is 11.9. The number of carbonyl (C=O) groups excluding carboxylic acids is 1. The van der Waals surface area contributed by atoms with Crippen LogP contribution in [-0.2, 0) is 17.7 Å². The lowest BCUT2D eigenvalue weighted by Gasteiger charge is -2.26. The van der Waals surface area contributed by atoms with Gasteiger partial charge in [0.15, 0.2) is 5.16 Å². The van der Waals surface area contributed by atoms with E-state index in [4.69, 9.17) is 9.72 Å². The summed E-state index contributed by atoms with van der Waals surface area (Å²) >= 11 is 1.57. The number of thioether (sulfide) groups is 1. The molecule has 8 heteroatoms. The van der Waals surface area contributed by atoms with Crippen molar-refractivity contribution >= 4 is 23.7 Å². The molecule has 3 rings (SSSR count). The zero-order valence-electron chi connectivity index (χ0n) is 15.4. The monoisotopic (exact) mass is 365 g/mol. The van der Waals surface area contributed by atoms with Crippen molar-refractivity contribution < 1.29 is 9.53 Å². The summed E-state index contributed by atoms with van der Waals surface area (Å²) in [6.07, 6.45) is 3.49. The van der Waals surface area contributed by atoms with Crippen molar-refractivity contribution in [1.29, 1.82) is 0 Å². The van der Waals surface area contributed by atoms with E-state index in [-0.39, 0.29) is 12.1 Å². The Balaban J connectivity index is 1.71. The van der Waals surface area contributed by atoms with Gasteiger partial charge in [-0.25, -0.2) is 14.8 Å². The van der Waals surface area contributed by atoms with Crippen molar-refractivity contribution in [1.82, 2.24) is 20.6 Å². The average Bonchev–Trinajstić information content (AvgIpc) is 3.00. The first-order valence-corrected chi connectivity index (χ1v) is 9.97. The molecular formula is C17H27N5O2S. The molecule has 1 atom stereocenters. The largest absolute Gasteiger partial charge is 0.444 e. The first-order valence-electron chi connectivity index (χ1n) is 8.74. The van der Waals surface area contributed by atoms with E-state index in [0.717, 1.165) is 55.7 Å². The van der Waals surface area contributed by atoms with E-state index >= 15 is 0 Å². The van der Waals surface area contributed by atoms with Gasteiger partial charge < -0.3 is 20.3 Å². The fraction of sp³-hybridized carbons (Fsp3) is 0.706. The fourth-order valence-corrected chi connectivity index (χ4v) is 3.59. The second-order valence-corrected chi connectivity index (χ2v) is 8.24. The Morgan fingerprint density at radius 1 is 1.40 bits per heavy atom. The molecule has 2 aliphatic heterocycles. The summed E-state index contributed by atoms with van der Waals surface area (Å²) in [7, 11) is 0. The maximum atomic E-state index is 12.0. The molecular weight excluding hydrogens is 338 g/mol. The van der Waals surface area contributed by atoms with Crippen LogP contribution in [0.1, 0.15) is 38.4 Å². The molecule has 2 N–H and O–H groups in total. The molecule has 3 heterocycles. The van der Waals surface area contributed by atoms with E-state index in [0.29, 0.717) is 0 Å². The van der Waals surface area contributed by atoms with Crippen molar-refractivity contribution in [2.75, 3.05) is 30.8 Å². The van der Waals surface area contributed by atoms with Gasteiger partial charge in [-0.2, -0.15) is 0 Å². The van der Waals surface area contributed by atoms with Crippen molar-refractivity contribution in [3.8, 4) is 0 Å². The predicted molar refractivity (Wildman–Crippen MR) is 99.2 cm³/mol. The summed E-state index contributed by atoms with van der Waals surface area (Å²) < 4.78 is 5.36. The van der Waals surface area contributed by atoms with Crippen LogP contribution >= 0.6 is 11.8 Å². The molecule has 0 aliphatic carbocycles. The minimum Gasteiger partial charge on any atom is -0.444 e. The van der Waals surface area contributed by atoms with Crippen molar-refractivity contribution in [2.45, 2.75) is 57.0 Å². The van der Waals surface area contributed by atoms with Crippen LogP contribution in [0.25, 0.3) is 0 Å².